The maximum absolute atomic E-state index is 12.1. The van der Waals surface area contributed by atoms with Crippen LogP contribution in [0.2, 0.25) is 0 Å². The Morgan fingerprint density at radius 3 is 2.74 bits per heavy atom. The molecule has 0 bridgehead atoms. The lowest BCUT2D eigenvalue weighted by molar-refractivity contribution is -0.0328. The second-order valence-corrected chi connectivity index (χ2v) is 5.53. The molecule has 0 radical (unpaired) electrons. The van der Waals surface area contributed by atoms with Crippen LogP contribution >= 0.6 is 23.4 Å². The molecule has 0 spiro atoms. The number of fused-ring (bicyclic) bond motifs is 1. The minimum Gasteiger partial charge on any atom is -0.326 e. The van der Waals surface area contributed by atoms with Gasteiger partial charge in [0.25, 0.3) is 0 Å². The minimum absolute atomic E-state index is 0.0290. The summed E-state index contributed by atoms with van der Waals surface area (Å²) in [7, 11) is 0. The van der Waals surface area contributed by atoms with E-state index >= 15 is 0 Å². The fourth-order valence-corrected chi connectivity index (χ4v) is 2.60. The zero-order valence-corrected chi connectivity index (χ0v) is 11.7. The van der Waals surface area contributed by atoms with Crippen molar-refractivity contribution in [2.45, 2.75) is 24.9 Å². The summed E-state index contributed by atoms with van der Waals surface area (Å²) in [5, 5.41) is 0. The maximum atomic E-state index is 12.1. The molecule has 0 saturated carbocycles. The summed E-state index contributed by atoms with van der Waals surface area (Å²) >= 11 is 5.77. The number of thioether (sulfide) groups is 1. The molecule has 0 amide bonds. The quantitative estimate of drug-likeness (QED) is 0.782. The van der Waals surface area contributed by atoms with Crippen LogP contribution in [0.3, 0.4) is 0 Å². The molecule has 2 nitrogen and oxygen atoms in total. The van der Waals surface area contributed by atoms with Gasteiger partial charge >= 0.3 is 5.51 Å². The topological polar surface area (TPSA) is 17.8 Å². The fraction of sp³-hybridized carbons (Fsp3) is 0.417. The van der Waals surface area contributed by atoms with Crippen LogP contribution < -0.4 is 0 Å². The van der Waals surface area contributed by atoms with Crippen LogP contribution in [-0.2, 0) is 12.4 Å². The monoisotopic (exact) mass is 308 g/mol. The van der Waals surface area contributed by atoms with Gasteiger partial charge in [-0.2, -0.15) is 13.2 Å². The predicted octanol–water partition coefficient (Wildman–Crippen LogP) is 4.34. The Bertz CT molecular complexity index is 580. The van der Waals surface area contributed by atoms with Crippen molar-refractivity contribution in [3.63, 3.8) is 0 Å². The molecular weight excluding hydrogens is 297 g/mol. The van der Waals surface area contributed by atoms with Gasteiger partial charge in [0.2, 0.25) is 0 Å². The molecule has 1 heterocycles. The van der Waals surface area contributed by atoms with Gasteiger partial charge in [-0.3, -0.25) is 0 Å². The van der Waals surface area contributed by atoms with Gasteiger partial charge in [0.05, 0.1) is 16.9 Å². The Morgan fingerprint density at radius 1 is 1.37 bits per heavy atom. The van der Waals surface area contributed by atoms with Crippen LogP contribution in [-0.4, -0.2) is 20.8 Å². The van der Waals surface area contributed by atoms with Crippen molar-refractivity contribution in [2.75, 3.05) is 5.75 Å². The second kappa shape index (κ2) is 5.63. The summed E-state index contributed by atoms with van der Waals surface area (Å²) in [4.78, 5) is 4.35. The van der Waals surface area contributed by atoms with Crippen molar-refractivity contribution < 1.29 is 13.2 Å². The number of halogens is 4. The molecule has 0 saturated heterocycles. The average Bonchev–Trinajstić information content (AvgIpc) is 2.65. The van der Waals surface area contributed by atoms with Crippen LogP contribution in [0.15, 0.2) is 18.2 Å². The van der Waals surface area contributed by atoms with E-state index < -0.39 is 5.51 Å². The molecular formula is C12H12ClF3N2S. The highest BCUT2D eigenvalue weighted by Crippen LogP contribution is 2.30. The number of hydrogen-bond donors (Lipinski definition) is 0. The zero-order valence-electron chi connectivity index (χ0n) is 10.2. The number of aryl methyl sites for hydroxylation is 2. The van der Waals surface area contributed by atoms with Gasteiger partial charge in [0.1, 0.15) is 5.82 Å². The zero-order chi connectivity index (χ0) is 14.0. The molecule has 2 aromatic rings. The molecule has 0 aliphatic heterocycles. The standard InChI is InChI=1S/C12H12ClF3N2S/c1-8-2-3-10-9(6-8)17-11(7-13)18(10)4-5-19-12(14,15)16/h2-3,6H,4-5,7H2,1H3. The lowest BCUT2D eigenvalue weighted by Gasteiger charge is -2.09. The number of benzene rings is 1. The summed E-state index contributed by atoms with van der Waals surface area (Å²) in [5.41, 5.74) is -1.55. The SMILES string of the molecule is Cc1ccc2c(c1)nc(CCl)n2CCSC(F)(F)F. The van der Waals surface area contributed by atoms with Crippen LogP contribution in [0.4, 0.5) is 13.2 Å². The second-order valence-electron chi connectivity index (χ2n) is 4.10. The molecule has 0 aliphatic carbocycles. The molecule has 0 unspecified atom stereocenters. The van der Waals surface area contributed by atoms with E-state index in [0.29, 0.717) is 5.82 Å². The lowest BCUT2D eigenvalue weighted by atomic mass is 10.2. The van der Waals surface area contributed by atoms with Crippen molar-refractivity contribution in [2.24, 2.45) is 0 Å². The molecule has 1 aromatic heterocycles. The first-order chi connectivity index (χ1) is 8.90. The number of aromatic nitrogens is 2. The Kier molecular flexibility index (Phi) is 4.30. The van der Waals surface area contributed by atoms with E-state index in [9.17, 15) is 13.2 Å². The van der Waals surface area contributed by atoms with Gasteiger partial charge < -0.3 is 4.57 Å². The van der Waals surface area contributed by atoms with E-state index in [1.54, 1.807) is 4.57 Å². The molecule has 7 heteroatoms. The molecule has 19 heavy (non-hydrogen) atoms. The van der Waals surface area contributed by atoms with Gasteiger partial charge in [0.15, 0.2) is 0 Å². The minimum atomic E-state index is -4.20. The van der Waals surface area contributed by atoms with E-state index in [2.05, 4.69) is 4.98 Å². The molecule has 2 rings (SSSR count). The van der Waals surface area contributed by atoms with Crippen LogP contribution in [0.5, 0.6) is 0 Å². The summed E-state index contributed by atoms with van der Waals surface area (Å²) in [6.45, 7) is 2.18. The highest BCUT2D eigenvalue weighted by atomic mass is 35.5. The lowest BCUT2D eigenvalue weighted by Crippen LogP contribution is -2.08. The van der Waals surface area contributed by atoms with E-state index in [4.69, 9.17) is 11.6 Å². The van der Waals surface area contributed by atoms with Crippen molar-refractivity contribution in [3.8, 4) is 0 Å². The first kappa shape index (κ1) is 14.5. The Morgan fingerprint density at radius 2 is 2.11 bits per heavy atom. The average molecular weight is 309 g/mol. The van der Waals surface area contributed by atoms with E-state index in [1.165, 1.54) is 0 Å². The van der Waals surface area contributed by atoms with E-state index in [1.807, 2.05) is 25.1 Å². The number of alkyl halides is 4. The number of hydrogen-bond acceptors (Lipinski definition) is 2. The molecule has 0 N–H and O–H groups in total. The molecule has 0 aliphatic rings. The summed E-state index contributed by atoms with van der Waals surface area (Å²) in [6.07, 6.45) is 0. The highest BCUT2D eigenvalue weighted by Gasteiger charge is 2.27. The Balaban J connectivity index is 2.25. The first-order valence-electron chi connectivity index (χ1n) is 5.63. The largest absolute Gasteiger partial charge is 0.441 e. The number of nitrogens with zero attached hydrogens (tertiary/aromatic N) is 2. The van der Waals surface area contributed by atoms with Crippen LogP contribution in [0.1, 0.15) is 11.4 Å². The van der Waals surface area contributed by atoms with E-state index in [-0.39, 0.29) is 29.9 Å². The summed E-state index contributed by atoms with van der Waals surface area (Å²) in [5.74, 6) is 0.738. The molecule has 0 fully saturated rings. The smallest absolute Gasteiger partial charge is 0.326 e. The first-order valence-corrected chi connectivity index (χ1v) is 7.15. The molecule has 1 aromatic carbocycles. The van der Waals surface area contributed by atoms with Gasteiger partial charge in [-0.1, -0.05) is 6.07 Å². The van der Waals surface area contributed by atoms with Crippen molar-refractivity contribution in [1.29, 1.82) is 0 Å². The fourth-order valence-electron chi connectivity index (χ4n) is 1.89. The van der Waals surface area contributed by atoms with Crippen LogP contribution in [0, 0.1) is 6.92 Å². The third-order valence-corrected chi connectivity index (χ3v) is 3.64. The third kappa shape index (κ3) is 3.57. The van der Waals surface area contributed by atoms with Gasteiger partial charge in [-0.15, -0.1) is 11.6 Å². The van der Waals surface area contributed by atoms with Gasteiger partial charge in [-0.05, 0) is 36.4 Å². The normalized spacial score (nSPS) is 12.3. The van der Waals surface area contributed by atoms with Crippen molar-refractivity contribution in [3.05, 3.63) is 29.6 Å². The van der Waals surface area contributed by atoms with Gasteiger partial charge in [-0.25, -0.2) is 4.98 Å². The van der Waals surface area contributed by atoms with Gasteiger partial charge in [0, 0.05) is 12.3 Å². The molecule has 104 valence electrons. The van der Waals surface area contributed by atoms with Crippen molar-refractivity contribution in [1.82, 2.24) is 9.55 Å². The number of imidazole rings is 1. The Hall–Kier alpha value is -0.880. The van der Waals surface area contributed by atoms with Crippen LogP contribution in [0.25, 0.3) is 11.0 Å². The predicted molar refractivity (Wildman–Crippen MR) is 72.5 cm³/mol. The molecule has 0 atom stereocenters. The maximum Gasteiger partial charge on any atom is 0.441 e. The summed E-state index contributed by atoms with van der Waals surface area (Å²) < 4.78 is 38.2. The van der Waals surface area contributed by atoms with E-state index in [0.717, 1.165) is 16.6 Å². The summed E-state index contributed by atoms with van der Waals surface area (Å²) in [6, 6.07) is 5.68. The third-order valence-electron chi connectivity index (χ3n) is 2.68. The Labute approximate surface area is 117 Å². The highest BCUT2D eigenvalue weighted by molar-refractivity contribution is 8.00. The number of rotatable bonds is 4. The van der Waals surface area contributed by atoms with Crippen molar-refractivity contribution >= 4 is 34.4 Å².